The highest BCUT2D eigenvalue weighted by molar-refractivity contribution is 7.87. The van der Waals surface area contributed by atoms with Crippen LogP contribution < -0.4 is 9.50 Å². The van der Waals surface area contributed by atoms with Gasteiger partial charge in [0.05, 0.1) is 12.8 Å². The van der Waals surface area contributed by atoms with E-state index in [0.29, 0.717) is 17.7 Å². The van der Waals surface area contributed by atoms with Gasteiger partial charge < -0.3 is 18.8 Å². The van der Waals surface area contributed by atoms with E-state index in [2.05, 4.69) is 5.32 Å². The number of para-hydroxylation sites is 1. The van der Waals surface area contributed by atoms with Crippen molar-refractivity contribution in [1.29, 1.82) is 0 Å². The largest absolute Gasteiger partial charge is 0.459 e. The highest BCUT2D eigenvalue weighted by Gasteiger charge is 2.25. The number of hydrogen-bond acceptors (Lipinski definition) is 6. The molecule has 2 aromatic carbocycles. The molecule has 174 valence electrons. The van der Waals surface area contributed by atoms with Gasteiger partial charge in [0.15, 0.2) is 5.76 Å². The number of amides is 2. The predicted molar refractivity (Wildman–Crippen MR) is 123 cm³/mol. The molecular formula is C24H26N2O6S. The van der Waals surface area contributed by atoms with E-state index in [1.807, 2.05) is 13.8 Å². The van der Waals surface area contributed by atoms with Crippen molar-refractivity contribution >= 4 is 27.6 Å². The van der Waals surface area contributed by atoms with E-state index in [4.69, 9.17) is 8.60 Å². The Bertz CT molecular complexity index is 1200. The number of nitrogens with zero attached hydrogens (tertiary/aromatic N) is 1. The molecular weight excluding hydrogens is 444 g/mol. The van der Waals surface area contributed by atoms with Crippen molar-refractivity contribution in [2.45, 2.75) is 44.7 Å². The van der Waals surface area contributed by atoms with Crippen molar-refractivity contribution in [3.05, 3.63) is 78.3 Å². The van der Waals surface area contributed by atoms with Gasteiger partial charge in [0.1, 0.15) is 10.6 Å². The quantitative estimate of drug-likeness (QED) is 0.463. The molecule has 9 heteroatoms. The molecule has 1 aromatic heterocycles. The van der Waals surface area contributed by atoms with Crippen LogP contribution in [0.2, 0.25) is 0 Å². The van der Waals surface area contributed by atoms with Gasteiger partial charge in [-0.05, 0) is 55.8 Å². The van der Waals surface area contributed by atoms with E-state index in [1.54, 1.807) is 41.3 Å². The summed E-state index contributed by atoms with van der Waals surface area (Å²) < 4.78 is 36.5. The number of furan rings is 1. The van der Waals surface area contributed by atoms with Gasteiger partial charge >= 0.3 is 10.1 Å². The van der Waals surface area contributed by atoms with Crippen molar-refractivity contribution in [1.82, 2.24) is 4.90 Å². The summed E-state index contributed by atoms with van der Waals surface area (Å²) in [5.41, 5.74) is 1.01. The van der Waals surface area contributed by atoms with Gasteiger partial charge in [0.25, 0.3) is 5.91 Å². The fraction of sp³-hybridized carbons (Fsp3) is 0.250. The highest BCUT2D eigenvalue weighted by Crippen LogP contribution is 2.26. The molecule has 0 aliphatic rings. The van der Waals surface area contributed by atoms with Gasteiger partial charge in [-0.1, -0.05) is 25.1 Å². The molecule has 0 unspecified atom stereocenters. The minimum Gasteiger partial charge on any atom is -0.459 e. The SMILES string of the molecule is CC[C@H](C)N(Cc1ccccc1OS(=O)(=O)c1ccc(NC(C)=O)cc1)C(=O)c1ccco1. The third kappa shape index (κ3) is 6.01. The molecule has 8 nitrogen and oxygen atoms in total. The number of carbonyl (C=O) groups is 2. The molecule has 33 heavy (non-hydrogen) atoms. The average Bonchev–Trinajstić information content (AvgIpc) is 3.32. The number of nitrogens with one attached hydrogen (secondary N) is 1. The summed E-state index contributed by atoms with van der Waals surface area (Å²) in [4.78, 5) is 25.7. The molecule has 2 amide bonds. The van der Waals surface area contributed by atoms with Crippen LogP contribution in [0.5, 0.6) is 5.75 Å². The molecule has 3 rings (SSSR count). The number of hydrogen-bond donors (Lipinski definition) is 1. The summed E-state index contributed by atoms with van der Waals surface area (Å²) in [7, 11) is -4.14. The Balaban J connectivity index is 1.85. The van der Waals surface area contributed by atoms with Crippen molar-refractivity contribution < 1.29 is 26.6 Å². The van der Waals surface area contributed by atoms with Crippen molar-refractivity contribution in [2.75, 3.05) is 5.32 Å². The van der Waals surface area contributed by atoms with Gasteiger partial charge in [-0.15, -0.1) is 0 Å². The Kier molecular flexibility index (Phi) is 7.55. The molecule has 1 heterocycles. The van der Waals surface area contributed by atoms with E-state index in [0.717, 1.165) is 0 Å². The summed E-state index contributed by atoms with van der Waals surface area (Å²) >= 11 is 0. The fourth-order valence-electron chi connectivity index (χ4n) is 3.16. The zero-order valence-corrected chi connectivity index (χ0v) is 19.5. The van der Waals surface area contributed by atoms with Crippen LogP contribution in [-0.2, 0) is 21.5 Å². The zero-order chi connectivity index (χ0) is 24.0. The van der Waals surface area contributed by atoms with Gasteiger partial charge in [0, 0.05) is 24.2 Å². The Morgan fingerprint density at radius 3 is 2.36 bits per heavy atom. The van der Waals surface area contributed by atoms with Crippen LogP contribution in [0.15, 0.2) is 76.2 Å². The molecule has 0 aliphatic carbocycles. The second-order valence-corrected chi connectivity index (χ2v) is 9.06. The lowest BCUT2D eigenvalue weighted by molar-refractivity contribution is -0.114. The van der Waals surface area contributed by atoms with Gasteiger partial charge in [0.2, 0.25) is 5.91 Å². The maximum Gasteiger partial charge on any atom is 0.339 e. The average molecular weight is 471 g/mol. The second-order valence-electron chi connectivity index (χ2n) is 7.52. The Morgan fingerprint density at radius 2 is 1.76 bits per heavy atom. The summed E-state index contributed by atoms with van der Waals surface area (Å²) in [6.07, 6.45) is 2.14. The Morgan fingerprint density at radius 1 is 1.06 bits per heavy atom. The maximum absolute atomic E-state index is 13.0. The first kappa shape index (κ1) is 24.1. The van der Waals surface area contributed by atoms with Crippen molar-refractivity contribution in [3.8, 4) is 5.75 Å². The summed E-state index contributed by atoms with van der Waals surface area (Å²) in [5.74, 6) is -0.212. The third-order valence-electron chi connectivity index (χ3n) is 5.09. The molecule has 1 atom stereocenters. The lowest BCUT2D eigenvalue weighted by atomic mass is 10.1. The van der Waals surface area contributed by atoms with Crippen LogP contribution in [0.1, 0.15) is 43.3 Å². The smallest absolute Gasteiger partial charge is 0.339 e. The first-order valence-corrected chi connectivity index (χ1v) is 11.9. The third-order valence-corrected chi connectivity index (χ3v) is 6.34. The standard InChI is InChI=1S/C24H26N2O6S/c1-4-17(2)26(24(28)23-10-7-15-31-23)16-19-8-5-6-9-22(19)32-33(29,30)21-13-11-20(12-14-21)25-18(3)27/h5-15,17H,4,16H2,1-3H3,(H,25,27)/t17-/m0/s1. The maximum atomic E-state index is 13.0. The van der Waals surface area contributed by atoms with Crippen LogP contribution >= 0.6 is 0 Å². The van der Waals surface area contributed by atoms with E-state index in [9.17, 15) is 18.0 Å². The van der Waals surface area contributed by atoms with E-state index in [-0.39, 0.29) is 40.8 Å². The van der Waals surface area contributed by atoms with Crippen molar-refractivity contribution in [2.24, 2.45) is 0 Å². The highest BCUT2D eigenvalue weighted by atomic mass is 32.2. The Hall–Kier alpha value is -3.59. The molecule has 0 fully saturated rings. The first-order chi connectivity index (χ1) is 15.7. The lowest BCUT2D eigenvalue weighted by Gasteiger charge is -2.28. The normalized spacial score (nSPS) is 12.1. The van der Waals surface area contributed by atoms with E-state index < -0.39 is 10.1 Å². The number of rotatable bonds is 9. The Labute approximate surface area is 193 Å². The molecule has 0 radical (unpaired) electrons. The first-order valence-electron chi connectivity index (χ1n) is 10.5. The minimum absolute atomic E-state index is 0.0585. The molecule has 1 N–H and O–H groups in total. The summed E-state index contributed by atoms with van der Waals surface area (Å²) in [5, 5.41) is 2.58. The van der Waals surface area contributed by atoms with E-state index >= 15 is 0 Å². The van der Waals surface area contributed by atoms with Gasteiger partial charge in [-0.2, -0.15) is 8.42 Å². The molecule has 0 bridgehead atoms. The van der Waals surface area contributed by atoms with Crippen LogP contribution in [0, 0.1) is 0 Å². The predicted octanol–water partition coefficient (Wildman–Crippen LogP) is 4.45. The molecule has 0 aliphatic heterocycles. The van der Waals surface area contributed by atoms with Crippen molar-refractivity contribution in [3.63, 3.8) is 0 Å². The molecule has 0 saturated heterocycles. The topological polar surface area (TPSA) is 106 Å². The monoisotopic (exact) mass is 470 g/mol. The number of benzene rings is 2. The summed E-state index contributed by atoms with van der Waals surface area (Å²) in [6, 6.07) is 15.5. The molecule has 0 spiro atoms. The van der Waals surface area contributed by atoms with Crippen LogP contribution in [0.3, 0.4) is 0 Å². The molecule has 0 saturated carbocycles. The van der Waals surface area contributed by atoms with Crippen LogP contribution in [-0.4, -0.2) is 31.2 Å². The van der Waals surface area contributed by atoms with Gasteiger partial charge in [-0.25, -0.2) is 0 Å². The number of anilines is 1. The van der Waals surface area contributed by atoms with E-state index in [1.165, 1.54) is 37.5 Å². The molecule has 3 aromatic rings. The zero-order valence-electron chi connectivity index (χ0n) is 18.6. The lowest BCUT2D eigenvalue weighted by Crippen LogP contribution is -2.37. The number of carbonyl (C=O) groups excluding carboxylic acids is 2. The second kappa shape index (κ2) is 10.4. The fourth-order valence-corrected chi connectivity index (χ4v) is 4.13. The van der Waals surface area contributed by atoms with Gasteiger partial charge in [-0.3, -0.25) is 9.59 Å². The summed E-state index contributed by atoms with van der Waals surface area (Å²) in [6.45, 7) is 5.38. The van der Waals surface area contributed by atoms with Crippen LogP contribution in [0.25, 0.3) is 0 Å². The van der Waals surface area contributed by atoms with Crippen LogP contribution in [0.4, 0.5) is 5.69 Å². The minimum atomic E-state index is -4.14.